The van der Waals surface area contributed by atoms with Crippen molar-refractivity contribution in [3.8, 4) is 22.6 Å². The number of aromatic nitrogens is 2. The Labute approximate surface area is 215 Å². The Balaban J connectivity index is 1.68. The van der Waals surface area contributed by atoms with E-state index in [0.717, 1.165) is 22.5 Å². The first-order valence-electron chi connectivity index (χ1n) is 12.1. The number of hydrogen-bond donors (Lipinski definition) is 1. The van der Waals surface area contributed by atoms with Crippen molar-refractivity contribution in [1.29, 1.82) is 0 Å². The highest BCUT2D eigenvalue weighted by Gasteiger charge is 2.24. The fraction of sp³-hybridized carbons (Fsp3) is 0.207. The van der Waals surface area contributed by atoms with Crippen LogP contribution in [0, 0.1) is 12.7 Å². The molecule has 0 aliphatic heterocycles. The Bertz CT molecular complexity index is 1380. The first kappa shape index (κ1) is 25.6. The summed E-state index contributed by atoms with van der Waals surface area (Å²) in [5.74, 6) is -0.381. The van der Waals surface area contributed by atoms with Gasteiger partial charge in [-0.05, 0) is 55.3 Å². The number of nitrogens with one attached hydrogen (secondary N) is 1. The van der Waals surface area contributed by atoms with E-state index in [0.29, 0.717) is 24.5 Å². The van der Waals surface area contributed by atoms with Crippen LogP contribution in [-0.2, 0) is 4.79 Å². The summed E-state index contributed by atoms with van der Waals surface area (Å²) in [5.41, 5.74) is 3.06. The molecule has 1 N–H and O–H groups in total. The van der Waals surface area contributed by atoms with Crippen molar-refractivity contribution < 1.29 is 18.7 Å². The largest absolute Gasteiger partial charge is 0.497 e. The van der Waals surface area contributed by atoms with Gasteiger partial charge in [0.05, 0.1) is 24.1 Å². The summed E-state index contributed by atoms with van der Waals surface area (Å²) in [5, 5.41) is 7.68. The Hall–Kier alpha value is -4.46. The summed E-state index contributed by atoms with van der Waals surface area (Å²) in [4.78, 5) is 27.8. The molecule has 8 heteroatoms. The maximum absolute atomic E-state index is 14.3. The zero-order valence-electron chi connectivity index (χ0n) is 21.1. The van der Waals surface area contributed by atoms with E-state index in [1.807, 2.05) is 68.4 Å². The van der Waals surface area contributed by atoms with E-state index in [4.69, 9.17) is 9.84 Å². The Morgan fingerprint density at radius 3 is 2.32 bits per heavy atom. The van der Waals surface area contributed by atoms with Crippen molar-refractivity contribution in [3.05, 3.63) is 95.9 Å². The average Bonchev–Trinajstić information content (AvgIpc) is 3.24. The minimum absolute atomic E-state index is 0.0622. The molecule has 0 aliphatic carbocycles. The molecule has 2 amide bonds. The minimum Gasteiger partial charge on any atom is -0.497 e. The molecule has 0 saturated carbocycles. The highest BCUT2D eigenvalue weighted by atomic mass is 19.1. The number of aryl methyl sites for hydroxylation is 1. The van der Waals surface area contributed by atoms with Gasteiger partial charge in [-0.3, -0.25) is 9.59 Å². The summed E-state index contributed by atoms with van der Waals surface area (Å²) in [6.45, 7) is 3.85. The lowest BCUT2D eigenvalue weighted by Gasteiger charge is -2.22. The van der Waals surface area contributed by atoms with Crippen molar-refractivity contribution in [2.24, 2.45) is 0 Å². The standard InChI is InChI=1S/C29H29FN4O3/c1-4-18-33(29(36)24-12-8-9-13-25(24)30)19-26(35)31-28-27(21-10-6-5-7-11-21)20(2)32-34(28)22-14-16-23(37-3)17-15-22/h5-17H,4,18-19H2,1-3H3,(H,31,35). The maximum Gasteiger partial charge on any atom is 0.257 e. The van der Waals surface area contributed by atoms with E-state index in [1.165, 1.54) is 23.1 Å². The van der Waals surface area contributed by atoms with Crippen molar-refractivity contribution >= 4 is 17.6 Å². The molecule has 7 nitrogen and oxygen atoms in total. The number of nitrogens with zero attached hydrogens (tertiary/aromatic N) is 3. The van der Waals surface area contributed by atoms with E-state index in [1.54, 1.807) is 17.9 Å². The third-order valence-corrected chi connectivity index (χ3v) is 5.92. The van der Waals surface area contributed by atoms with Gasteiger partial charge in [-0.25, -0.2) is 9.07 Å². The molecule has 0 aliphatic rings. The fourth-order valence-corrected chi connectivity index (χ4v) is 4.18. The zero-order chi connectivity index (χ0) is 26.4. The lowest BCUT2D eigenvalue weighted by Crippen LogP contribution is -2.39. The van der Waals surface area contributed by atoms with Crippen LogP contribution in [0.3, 0.4) is 0 Å². The number of rotatable bonds is 9. The minimum atomic E-state index is -0.617. The van der Waals surface area contributed by atoms with Crippen molar-refractivity contribution in [3.63, 3.8) is 0 Å². The van der Waals surface area contributed by atoms with Gasteiger partial charge in [0.25, 0.3) is 5.91 Å². The number of carbonyl (C=O) groups is 2. The molecular formula is C29H29FN4O3. The number of anilines is 1. The van der Waals surface area contributed by atoms with E-state index in [2.05, 4.69) is 5.32 Å². The lowest BCUT2D eigenvalue weighted by molar-refractivity contribution is -0.116. The molecule has 0 atom stereocenters. The quantitative estimate of drug-likeness (QED) is 0.330. The monoisotopic (exact) mass is 500 g/mol. The molecule has 4 rings (SSSR count). The Kier molecular flexibility index (Phi) is 7.98. The van der Waals surface area contributed by atoms with Gasteiger partial charge in [0, 0.05) is 12.1 Å². The van der Waals surface area contributed by atoms with Gasteiger partial charge in [0.2, 0.25) is 5.91 Å². The van der Waals surface area contributed by atoms with Gasteiger partial charge in [0.15, 0.2) is 0 Å². The molecule has 0 saturated heterocycles. The van der Waals surface area contributed by atoms with Crippen LogP contribution in [0.15, 0.2) is 78.9 Å². The SMILES string of the molecule is CCCN(CC(=O)Nc1c(-c2ccccc2)c(C)nn1-c1ccc(OC)cc1)C(=O)c1ccccc1F. The second kappa shape index (κ2) is 11.5. The van der Waals surface area contributed by atoms with E-state index < -0.39 is 17.6 Å². The van der Waals surface area contributed by atoms with Crippen LogP contribution in [0.25, 0.3) is 16.8 Å². The molecule has 4 aromatic rings. The van der Waals surface area contributed by atoms with E-state index in [9.17, 15) is 14.0 Å². The van der Waals surface area contributed by atoms with Gasteiger partial charge < -0.3 is 15.0 Å². The molecule has 0 unspecified atom stereocenters. The molecule has 1 aromatic heterocycles. The Morgan fingerprint density at radius 1 is 1.00 bits per heavy atom. The highest BCUT2D eigenvalue weighted by Crippen LogP contribution is 2.33. The van der Waals surface area contributed by atoms with E-state index in [-0.39, 0.29) is 12.1 Å². The number of benzene rings is 3. The highest BCUT2D eigenvalue weighted by molar-refractivity contribution is 6.01. The van der Waals surface area contributed by atoms with Crippen LogP contribution in [0.2, 0.25) is 0 Å². The predicted molar refractivity (Wildman–Crippen MR) is 142 cm³/mol. The first-order valence-corrected chi connectivity index (χ1v) is 12.1. The topological polar surface area (TPSA) is 76.5 Å². The summed E-state index contributed by atoms with van der Waals surface area (Å²) in [6.07, 6.45) is 0.617. The van der Waals surface area contributed by atoms with Crippen LogP contribution >= 0.6 is 0 Å². The van der Waals surface area contributed by atoms with Crippen molar-refractivity contribution in [2.45, 2.75) is 20.3 Å². The molecule has 37 heavy (non-hydrogen) atoms. The van der Waals surface area contributed by atoms with Crippen molar-refractivity contribution in [2.75, 3.05) is 25.5 Å². The molecule has 0 radical (unpaired) electrons. The molecule has 0 spiro atoms. The van der Waals surface area contributed by atoms with Crippen LogP contribution < -0.4 is 10.1 Å². The predicted octanol–water partition coefficient (Wildman–Crippen LogP) is 5.49. The normalized spacial score (nSPS) is 10.7. The first-order chi connectivity index (χ1) is 17.9. The number of ether oxygens (including phenoxy) is 1. The molecule has 1 heterocycles. The smallest absolute Gasteiger partial charge is 0.257 e. The molecular weight excluding hydrogens is 471 g/mol. The van der Waals surface area contributed by atoms with Gasteiger partial charge in [-0.15, -0.1) is 0 Å². The number of carbonyl (C=O) groups excluding carboxylic acids is 2. The van der Waals surface area contributed by atoms with Gasteiger partial charge in [-0.2, -0.15) is 5.10 Å². The molecule has 190 valence electrons. The second-order valence-corrected chi connectivity index (χ2v) is 8.54. The summed E-state index contributed by atoms with van der Waals surface area (Å²) in [6, 6.07) is 22.8. The molecule has 0 bridgehead atoms. The van der Waals surface area contributed by atoms with Crippen molar-refractivity contribution in [1.82, 2.24) is 14.7 Å². The zero-order valence-corrected chi connectivity index (χ0v) is 21.1. The van der Waals surface area contributed by atoms with Crippen LogP contribution in [-0.4, -0.2) is 46.7 Å². The number of hydrogen-bond acceptors (Lipinski definition) is 4. The average molecular weight is 501 g/mol. The van der Waals surface area contributed by atoms with Gasteiger partial charge in [0.1, 0.15) is 23.9 Å². The number of amides is 2. The van der Waals surface area contributed by atoms with Crippen LogP contribution in [0.4, 0.5) is 10.2 Å². The van der Waals surface area contributed by atoms with Gasteiger partial charge >= 0.3 is 0 Å². The molecule has 3 aromatic carbocycles. The fourth-order valence-electron chi connectivity index (χ4n) is 4.18. The number of methoxy groups -OCH3 is 1. The van der Waals surface area contributed by atoms with E-state index >= 15 is 0 Å². The molecule has 0 fully saturated rings. The third-order valence-electron chi connectivity index (χ3n) is 5.92. The van der Waals surface area contributed by atoms with Crippen LogP contribution in [0.1, 0.15) is 29.4 Å². The number of halogens is 1. The van der Waals surface area contributed by atoms with Crippen LogP contribution in [0.5, 0.6) is 5.75 Å². The van der Waals surface area contributed by atoms with Gasteiger partial charge in [-0.1, -0.05) is 49.4 Å². The third kappa shape index (κ3) is 5.69. The Morgan fingerprint density at radius 2 is 1.68 bits per heavy atom. The summed E-state index contributed by atoms with van der Waals surface area (Å²) < 4.78 is 21.2. The lowest BCUT2D eigenvalue weighted by atomic mass is 10.1. The summed E-state index contributed by atoms with van der Waals surface area (Å²) >= 11 is 0. The maximum atomic E-state index is 14.3. The summed E-state index contributed by atoms with van der Waals surface area (Å²) in [7, 11) is 1.59. The second-order valence-electron chi connectivity index (χ2n) is 8.54.